The molecule has 1 atom stereocenters. The molecule has 1 unspecified atom stereocenters. The molecule has 0 radical (unpaired) electrons. The topological polar surface area (TPSA) is 80.9 Å². The molecule has 0 bridgehead atoms. The number of rotatable bonds is 5. The number of nitrogens with two attached hydrogens (primary N) is 1. The van der Waals surface area contributed by atoms with Crippen molar-refractivity contribution >= 4 is 11.7 Å². The van der Waals surface area contributed by atoms with Crippen LogP contribution in [0.4, 0.5) is 5.82 Å². The molecule has 82 valence electrons. The van der Waals surface area contributed by atoms with Gasteiger partial charge in [-0.1, -0.05) is 0 Å². The quantitative estimate of drug-likeness (QED) is 0.754. The highest BCUT2D eigenvalue weighted by Gasteiger charge is 2.03. The van der Waals surface area contributed by atoms with E-state index >= 15 is 0 Å². The molecule has 0 aliphatic rings. The Hall–Kier alpha value is -1.49. The Morgan fingerprint density at radius 2 is 2.47 bits per heavy atom. The van der Waals surface area contributed by atoms with Gasteiger partial charge in [-0.3, -0.25) is 4.79 Å². The lowest BCUT2D eigenvalue weighted by Crippen LogP contribution is -2.17. The van der Waals surface area contributed by atoms with Crippen LogP contribution in [-0.2, 0) is 4.79 Å². The molecule has 5 nitrogen and oxygen atoms in total. The Balaban J connectivity index is 2.25. The molecule has 3 N–H and O–H groups in total. The van der Waals surface area contributed by atoms with Crippen LogP contribution in [0.25, 0.3) is 0 Å². The molecule has 0 aliphatic heterocycles. The van der Waals surface area contributed by atoms with E-state index in [1.54, 1.807) is 18.3 Å². The minimum atomic E-state index is -0.0452. The molecule has 1 amide bonds. The predicted molar refractivity (Wildman–Crippen MR) is 58.2 cm³/mol. The molecule has 0 fully saturated rings. The molecule has 0 saturated heterocycles. The van der Waals surface area contributed by atoms with Gasteiger partial charge in [0.05, 0.1) is 0 Å². The zero-order valence-corrected chi connectivity index (χ0v) is 8.81. The molecule has 0 aromatic carbocycles. The van der Waals surface area contributed by atoms with Crippen molar-refractivity contribution in [1.82, 2.24) is 10.2 Å². The standard InChI is InChI=1S/C10H16N4O/c1-8(11)4-2-6-10(15)13-9-5-3-7-12-14-9/h3,5,7-8H,2,4,6,11H2,1H3,(H,13,14,15). The van der Waals surface area contributed by atoms with Crippen LogP contribution in [0.15, 0.2) is 18.3 Å². The Morgan fingerprint density at radius 3 is 3.07 bits per heavy atom. The molecule has 0 aliphatic carbocycles. The summed E-state index contributed by atoms with van der Waals surface area (Å²) < 4.78 is 0. The maximum absolute atomic E-state index is 11.4. The summed E-state index contributed by atoms with van der Waals surface area (Å²) in [5, 5.41) is 10.1. The van der Waals surface area contributed by atoms with E-state index in [2.05, 4.69) is 15.5 Å². The van der Waals surface area contributed by atoms with Crippen LogP contribution in [0.1, 0.15) is 26.2 Å². The van der Waals surface area contributed by atoms with Crippen molar-refractivity contribution in [1.29, 1.82) is 0 Å². The van der Waals surface area contributed by atoms with Crippen molar-refractivity contribution in [3.63, 3.8) is 0 Å². The number of anilines is 1. The van der Waals surface area contributed by atoms with Crippen molar-refractivity contribution in [2.24, 2.45) is 5.73 Å². The first-order chi connectivity index (χ1) is 7.18. The van der Waals surface area contributed by atoms with Crippen LogP contribution in [0.2, 0.25) is 0 Å². The highest BCUT2D eigenvalue weighted by Crippen LogP contribution is 2.03. The van der Waals surface area contributed by atoms with E-state index in [1.807, 2.05) is 6.92 Å². The van der Waals surface area contributed by atoms with Crippen LogP contribution >= 0.6 is 0 Å². The predicted octanol–water partition coefficient (Wildman–Crippen LogP) is 0.933. The second kappa shape index (κ2) is 6.08. The summed E-state index contributed by atoms with van der Waals surface area (Å²) in [4.78, 5) is 11.4. The van der Waals surface area contributed by atoms with Crippen molar-refractivity contribution in [2.75, 3.05) is 5.32 Å². The Bertz CT molecular complexity index is 300. The van der Waals surface area contributed by atoms with Crippen LogP contribution in [0, 0.1) is 0 Å². The number of hydrogen-bond acceptors (Lipinski definition) is 4. The Kier molecular flexibility index (Phi) is 4.70. The lowest BCUT2D eigenvalue weighted by Gasteiger charge is -2.05. The summed E-state index contributed by atoms with van der Waals surface area (Å²) in [6.07, 6.45) is 3.68. The number of hydrogen-bond donors (Lipinski definition) is 2. The fourth-order valence-corrected chi connectivity index (χ4v) is 1.16. The molecule has 1 aromatic rings. The molecule has 1 rings (SSSR count). The van der Waals surface area contributed by atoms with Gasteiger partial charge in [0.25, 0.3) is 0 Å². The smallest absolute Gasteiger partial charge is 0.225 e. The van der Waals surface area contributed by atoms with Crippen LogP contribution in [0.5, 0.6) is 0 Å². The minimum Gasteiger partial charge on any atom is -0.328 e. The highest BCUT2D eigenvalue weighted by atomic mass is 16.1. The van der Waals surface area contributed by atoms with Crippen LogP contribution in [0.3, 0.4) is 0 Å². The van der Waals surface area contributed by atoms with E-state index in [9.17, 15) is 4.79 Å². The van der Waals surface area contributed by atoms with Gasteiger partial charge in [-0.05, 0) is 31.9 Å². The number of carbonyl (C=O) groups excluding carboxylic acids is 1. The lowest BCUT2D eigenvalue weighted by atomic mass is 10.1. The van der Waals surface area contributed by atoms with Crippen molar-refractivity contribution in [3.8, 4) is 0 Å². The van der Waals surface area contributed by atoms with Gasteiger partial charge in [0, 0.05) is 18.7 Å². The van der Waals surface area contributed by atoms with Crippen LogP contribution < -0.4 is 11.1 Å². The summed E-state index contributed by atoms with van der Waals surface area (Å²) >= 11 is 0. The van der Waals surface area contributed by atoms with E-state index in [4.69, 9.17) is 5.73 Å². The number of aromatic nitrogens is 2. The van der Waals surface area contributed by atoms with Gasteiger partial charge in [0.15, 0.2) is 5.82 Å². The largest absolute Gasteiger partial charge is 0.328 e. The normalized spacial score (nSPS) is 12.1. The molecular weight excluding hydrogens is 192 g/mol. The summed E-state index contributed by atoms with van der Waals surface area (Å²) in [6.45, 7) is 1.93. The van der Waals surface area contributed by atoms with Gasteiger partial charge in [0.2, 0.25) is 5.91 Å². The van der Waals surface area contributed by atoms with E-state index < -0.39 is 0 Å². The van der Waals surface area contributed by atoms with E-state index in [0.717, 1.165) is 12.8 Å². The molecule has 1 heterocycles. The summed E-state index contributed by atoms with van der Waals surface area (Å²) in [7, 11) is 0. The third-order valence-electron chi connectivity index (χ3n) is 1.90. The number of nitrogens with one attached hydrogen (secondary N) is 1. The van der Waals surface area contributed by atoms with E-state index in [-0.39, 0.29) is 11.9 Å². The second-order valence-corrected chi connectivity index (χ2v) is 3.53. The summed E-state index contributed by atoms with van der Waals surface area (Å²) in [6, 6.07) is 3.58. The number of nitrogens with zero attached hydrogens (tertiary/aromatic N) is 2. The Labute approximate surface area is 89.1 Å². The molecule has 0 spiro atoms. The van der Waals surface area contributed by atoms with Gasteiger partial charge in [-0.15, -0.1) is 5.10 Å². The van der Waals surface area contributed by atoms with E-state index in [1.165, 1.54) is 0 Å². The summed E-state index contributed by atoms with van der Waals surface area (Å²) in [5.41, 5.74) is 5.58. The van der Waals surface area contributed by atoms with Crippen molar-refractivity contribution < 1.29 is 4.79 Å². The second-order valence-electron chi connectivity index (χ2n) is 3.53. The maximum Gasteiger partial charge on any atom is 0.225 e. The van der Waals surface area contributed by atoms with E-state index in [0.29, 0.717) is 12.2 Å². The lowest BCUT2D eigenvalue weighted by molar-refractivity contribution is -0.116. The molecule has 5 heteroatoms. The van der Waals surface area contributed by atoms with Crippen molar-refractivity contribution in [3.05, 3.63) is 18.3 Å². The minimum absolute atomic E-state index is 0.0452. The fraction of sp³-hybridized carbons (Fsp3) is 0.500. The molecule has 0 saturated carbocycles. The zero-order valence-electron chi connectivity index (χ0n) is 8.81. The number of amides is 1. The zero-order chi connectivity index (χ0) is 11.1. The SMILES string of the molecule is CC(N)CCCC(=O)Nc1cccnn1. The summed E-state index contributed by atoms with van der Waals surface area (Å²) in [5.74, 6) is 0.444. The first-order valence-corrected chi connectivity index (χ1v) is 5.01. The van der Waals surface area contributed by atoms with Gasteiger partial charge in [-0.25, -0.2) is 0 Å². The monoisotopic (exact) mass is 208 g/mol. The molecule has 1 aromatic heterocycles. The maximum atomic E-state index is 11.4. The first-order valence-electron chi connectivity index (χ1n) is 5.01. The first kappa shape index (κ1) is 11.6. The van der Waals surface area contributed by atoms with Gasteiger partial charge >= 0.3 is 0 Å². The fourth-order valence-electron chi connectivity index (χ4n) is 1.16. The third-order valence-corrected chi connectivity index (χ3v) is 1.90. The molecular formula is C10H16N4O. The average Bonchev–Trinajstić information content (AvgIpc) is 2.18. The Morgan fingerprint density at radius 1 is 1.67 bits per heavy atom. The van der Waals surface area contributed by atoms with Crippen LogP contribution in [-0.4, -0.2) is 22.1 Å². The average molecular weight is 208 g/mol. The van der Waals surface area contributed by atoms with Crippen molar-refractivity contribution in [2.45, 2.75) is 32.2 Å². The highest BCUT2D eigenvalue weighted by molar-refractivity contribution is 5.89. The molecule has 15 heavy (non-hydrogen) atoms. The van der Waals surface area contributed by atoms with Gasteiger partial charge in [0.1, 0.15) is 0 Å². The number of carbonyl (C=O) groups is 1. The van der Waals surface area contributed by atoms with Gasteiger partial charge in [-0.2, -0.15) is 5.10 Å². The third kappa shape index (κ3) is 5.07. The van der Waals surface area contributed by atoms with Gasteiger partial charge < -0.3 is 11.1 Å².